The SMILES string of the molecule is Cc1ccc(Cc2ccc(Cl)cc2)nc1C. The zero-order valence-corrected chi connectivity index (χ0v) is 10.3. The molecule has 0 unspecified atom stereocenters. The predicted molar refractivity (Wildman–Crippen MR) is 68.0 cm³/mol. The minimum absolute atomic E-state index is 0.775. The van der Waals surface area contributed by atoms with Gasteiger partial charge in [-0.05, 0) is 43.2 Å². The smallest absolute Gasteiger partial charge is 0.0450 e. The first kappa shape index (κ1) is 11.2. The first-order chi connectivity index (χ1) is 7.65. The summed E-state index contributed by atoms with van der Waals surface area (Å²) in [5, 5.41) is 0.775. The fraction of sp³-hybridized carbons (Fsp3) is 0.214. The number of nitrogens with zero attached hydrogens (tertiary/aromatic N) is 1. The Morgan fingerprint density at radius 1 is 1.00 bits per heavy atom. The molecule has 0 spiro atoms. The van der Waals surface area contributed by atoms with Gasteiger partial charge < -0.3 is 0 Å². The third-order valence-corrected chi connectivity index (χ3v) is 2.96. The Morgan fingerprint density at radius 3 is 2.31 bits per heavy atom. The van der Waals surface area contributed by atoms with Crippen molar-refractivity contribution in [3.8, 4) is 0 Å². The highest BCUT2D eigenvalue weighted by Crippen LogP contribution is 2.13. The molecule has 0 aliphatic rings. The van der Waals surface area contributed by atoms with Crippen LogP contribution in [0.4, 0.5) is 0 Å². The number of rotatable bonds is 2. The molecule has 16 heavy (non-hydrogen) atoms. The molecule has 82 valence electrons. The van der Waals surface area contributed by atoms with Crippen molar-refractivity contribution in [2.75, 3.05) is 0 Å². The van der Waals surface area contributed by atoms with Gasteiger partial charge in [0.05, 0.1) is 0 Å². The van der Waals surface area contributed by atoms with E-state index in [2.05, 4.69) is 24.0 Å². The highest BCUT2D eigenvalue weighted by Gasteiger charge is 2.00. The van der Waals surface area contributed by atoms with E-state index in [9.17, 15) is 0 Å². The van der Waals surface area contributed by atoms with Crippen molar-refractivity contribution in [1.82, 2.24) is 4.98 Å². The zero-order chi connectivity index (χ0) is 11.5. The lowest BCUT2D eigenvalue weighted by atomic mass is 10.1. The number of aromatic nitrogens is 1. The number of aryl methyl sites for hydroxylation is 2. The predicted octanol–water partition coefficient (Wildman–Crippen LogP) is 3.94. The Kier molecular flexibility index (Phi) is 3.25. The van der Waals surface area contributed by atoms with Crippen LogP contribution in [0.1, 0.15) is 22.5 Å². The van der Waals surface area contributed by atoms with Crippen molar-refractivity contribution in [3.05, 3.63) is 63.9 Å². The summed E-state index contributed by atoms with van der Waals surface area (Å²) >= 11 is 5.85. The van der Waals surface area contributed by atoms with Crippen LogP contribution in [-0.4, -0.2) is 4.98 Å². The molecule has 0 bridgehead atoms. The van der Waals surface area contributed by atoms with Gasteiger partial charge in [-0.25, -0.2) is 0 Å². The van der Waals surface area contributed by atoms with Crippen LogP contribution in [0.25, 0.3) is 0 Å². The van der Waals surface area contributed by atoms with E-state index in [0.717, 1.165) is 22.8 Å². The van der Waals surface area contributed by atoms with E-state index in [4.69, 9.17) is 11.6 Å². The summed E-state index contributed by atoms with van der Waals surface area (Å²) in [6.45, 7) is 4.12. The fourth-order valence-corrected chi connectivity index (χ4v) is 1.72. The van der Waals surface area contributed by atoms with Crippen molar-refractivity contribution in [2.45, 2.75) is 20.3 Å². The largest absolute Gasteiger partial charge is 0.258 e. The lowest BCUT2D eigenvalue weighted by Crippen LogP contribution is -1.95. The number of hydrogen-bond donors (Lipinski definition) is 0. The minimum atomic E-state index is 0.775. The molecule has 1 heterocycles. The molecule has 0 saturated carbocycles. The van der Waals surface area contributed by atoms with Crippen molar-refractivity contribution < 1.29 is 0 Å². The van der Waals surface area contributed by atoms with Gasteiger partial charge in [0.25, 0.3) is 0 Å². The number of halogens is 1. The van der Waals surface area contributed by atoms with E-state index in [-0.39, 0.29) is 0 Å². The molecule has 2 aromatic rings. The van der Waals surface area contributed by atoms with E-state index < -0.39 is 0 Å². The molecule has 2 rings (SSSR count). The van der Waals surface area contributed by atoms with Crippen molar-refractivity contribution in [1.29, 1.82) is 0 Å². The lowest BCUT2D eigenvalue weighted by Gasteiger charge is -2.04. The molecule has 0 aliphatic carbocycles. The summed E-state index contributed by atoms with van der Waals surface area (Å²) < 4.78 is 0. The van der Waals surface area contributed by atoms with Gasteiger partial charge in [0.15, 0.2) is 0 Å². The van der Waals surface area contributed by atoms with Gasteiger partial charge in [-0.1, -0.05) is 29.8 Å². The Hall–Kier alpha value is -1.34. The van der Waals surface area contributed by atoms with E-state index in [1.807, 2.05) is 31.2 Å². The Bertz CT molecular complexity index is 489. The van der Waals surface area contributed by atoms with E-state index in [0.29, 0.717) is 0 Å². The second kappa shape index (κ2) is 4.67. The first-order valence-electron chi connectivity index (χ1n) is 5.33. The highest BCUT2D eigenvalue weighted by atomic mass is 35.5. The first-order valence-corrected chi connectivity index (χ1v) is 5.70. The summed E-state index contributed by atoms with van der Waals surface area (Å²) in [4.78, 5) is 4.56. The van der Waals surface area contributed by atoms with Crippen molar-refractivity contribution in [3.63, 3.8) is 0 Å². The van der Waals surface area contributed by atoms with Crippen molar-refractivity contribution >= 4 is 11.6 Å². The van der Waals surface area contributed by atoms with Gasteiger partial charge in [-0.15, -0.1) is 0 Å². The zero-order valence-electron chi connectivity index (χ0n) is 9.50. The van der Waals surface area contributed by atoms with Gasteiger partial charge in [0.2, 0.25) is 0 Å². The fourth-order valence-electron chi connectivity index (χ4n) is 1.59. The Labute approximate surface area is 101 Å². The summed E-state index contributed by atoms with van der Waals surface area (Å²) in [6, 6.07) is 12.1. The number of pyridine rings is 1. The van der Waals surface area contributed by atoms with E-state index in [1.54, 1.807) is 0 Å². The van der Waals surface area contributed by atoms with Gasteiger partial charge in [-0.2, -0.15) is 0 Å². The van der Waals surface area contributed by atoms with Crippen LogP contribution in [0.3, 0.4) is 0 Å². The van der Waals surface area contributed by atoms with Crippen LogP contribution in [0.15, 0.2) is 36.4 Å². The molecule has 0 N–H and O–H groups in total. The van der Waals surface area contributed by atoms with E-state index in [1.165, 1.54) is 11.1 Å². The Morgan fingerprint density at radius 2 is 1.69 bits per heavy atom. The maximum Gasteiger partial charge on any atom is 0.0450 e. The molecule has 0 radical (unpaired) electrons. The standard InChI is InChI=1S/C14H14ClN/c1-10-3-8-14(16-11(10)2)9-12-4-6-13(15)7-5-12/h3-8H,9H2,1-2H3. The molecule has 1 aromatic carbocycles. The topological polar surface area (TPSA) is 12.9 Å². The molecule has 0 atom stereocenters. The maximum absolute atomic E-state index is 5.85. The minimum Gasteiger partial charge on any atom is -0.258 e. The molecule has 0 saturated heterocycles. The lowest BCUT2D eigenvalue weighted by molar-refractivity contribution is 1.02. The number of benzene rings is 1. The monoisotopic (exact) mass is 231 g/mol. The molecule has 2 heteroatoms. The highest BCUT2D eigenvalue weighted by molar-refractivity contribution is 6.30. The molecule has 0 amide bonds. The number of hydrogen-bond acceptors (Lipinski definition) is 1. The van der Waals surface area contributed by atoms with E-state index >= 15 is 0 Å². The van der Waals surface area contributed by atoms with Crippen LogP contribution in [0.2, 0.25) is 5.02 Å². The molecule has 1 aromatic heterocycles. The van der Waals surface area contributed by atoms with Crippen LogP contribution in [0, 0.1) is 13.8 Å². The van der Waals surface area contributed by atoms with Gasteiger partial charge in [-0.3, -0.25) is 4.98 Å². The quantitative estimate of drug-likeness (QED) is 0.763. The average Bonchev–Trinajstić information content (AvgIpc) is 2.27. The van der Waals surface area contributed by atoms with Gasteiger partial charge in [0.1, 0.15) is 0 Å². The van der Waals surface area contributed by atoms with Gasteiger partial charge >= 0.3 is 0 Å². The van der Waals surface area contributed by atoms with Crippen LogP contribution < -0.4 is 0 Å². The van der Waals surface area contributed by atoms with Crippen molar-refractivity contribution in [2.24, 2.45) is 0 Å². The Balaban J connectivity index is 2.20. The van der Waals surface area contributed by atoms with Crippen LogP contribution in [-0.2, 0) is 6.42 Å². The van der Waals surface area contributed by atoms with Crippen LogP contribution in [0.5, 0.6) is 0 Å². The van der Waals surface area contributed by atoms with Gasteiger partial charge in [0, 0.05) is 22.8 Å². The second-order valence-electron chi connectivity index (χ2n) is 4.01. The molecule has 0 fully saturated rings. The summed E-state index contributed by atoms with van der Waals surface area (Å²) in [6.07, 6.45) is 0.859. The normalized spacial score (nSPS) is 10.4. The third kappa shape index (κ3) is 2.61. The maximum atomic E-state index is 5.85. The van der Waals surface area contributed by atoms with Crippen LogP contribution >= 0.6 is 11.6 Å². The molecule has 1 nitrogen and oxygen atoms in total. The molecule has 0 aliphatic heterocycles. The molecular weight excluding hydrogens is 218 g/mol. The average molecular weight is 232 g/mol. The summed E-state index contributed by atoms with van der Waals surface area (Å²) in [7, 11) is 0. The summed E-state index contributed by atoms with van der Waals surface area (Å²) in [5.74, 6) is 0. The third-order valence-electron chi connectivity index (χ3n) is 2.71. The summed E-state index contributed by atoms with van der Waals surface area (Å²) in [5.41, 5.74) is 4.68. The molecular formula is C14H14ClN. The second-order valence-corrected chi connectivity index (χ2v) is 4.44.